The number of halogens is 2. The molecule has 32 heavy (non-hydrogen) atoms. The number of hydrogen-bond donors (Lipinski definition) is 3. The Hall–Kier alpha value is -2.19. The van der Waals surface area contributed by atoms with Gasteiger partial charge in [0.05, 0.1) is 5.92 Å². The number of likely N-dealkylation sites (tertiary alicyclic amines) is 1. The quantitative estimate of drug-likeness (QED) is 0.498. The molecule has 1 fully saturated rings. The molecule has 0 spiro atoms. The van der Waals surface area contributed by atoms with Gasteiger partial charge in [0.2, 0.25) is 0 Å². The molecule has 1 aliphatic heterocycles. The molecule has 0 amide bonds. The summed E-state index contributed by atoms with van der Waals surface area (Å²) in [4.78, 5) is 13.7. The van der Waals surface area contributed by atoms with Gasteiger partial charge in [-0.25, -0.2) is 4.39 Å². The van der Waals surface area contributed by atoms with Gasteiger partial charge in [0.15, 0.2) is 0 Å². The summed E-state index contributed by atoms with van der Waals surface area (Å²) in [5, 5.41) is 23.6. The van der Waals surface area contributed by atoms with Crippen molar-refractivity contribution in [2.75, 3.05) is 26.2 Å². The zero-order valence-electron chi connectivity index (χ0n) is 18.1. The molecule has 0 radical (unpaired) electrons. The number of nitrogens with one attached hydrogen (secondary N) is 1. The number of carboxylic acid groups (broad SMARTS) is 1. The molecule has 0 saturated carbocycles. The Balaban J connectivity index is 1.40. The maximum absolute atomic E-state index is 13.6. The summed E-state index contributed by atoms with van der Waals surface area (Å²) in [5.74, 6) is -2.22. The number of rotatable bonds is 10. The second kappa shape index (κ2) is 11.6. The number of aliphatic carboxylic acids is 1. The Bertz CT molecular complexity index is 888. The molecule has 2 aromatic carbocycles. The van der Waals surface area contributed by atoms with Crippen LogP contribution in [0.4, 0.5) is 4.39 Å². The normalized spacial score (nSPS) is 17.1. The van der Waals surface area contributed by atoms with Crippen LogP contribution in [-0.2, 0) is 11.3 Å². The molecule has 1 unspecified atom stereocenters. The van der Waals surface area contributed by atoms with Gasteiger partial charge in [0.25, 0.3) is 0 Å². The van der Waals surface area contributed by atoms with Gasteiger partial charge in [-0.2, -0.15) is 0 Å². The number of carboxylic acids is 1. The zero-order chi connectivity index (χ0) is 23.1. The number of carbonyl (C=O) groups is 1. The second-order valence-electron chi connectivity index (χ2n) is 8.29. The highest BCUT2D eigenvalue weighted by Gasteiger charge is 2.21. The first kappa shape index (κ1) is 24.5. The average molecular weight is 465 g/mol. The largest absolute Gasteiger partial charge is 0.490 e. The molecule has 8 heteroatoms. The molecular weight excluding hydrogens is 435 g/mol. The van der Waals surface area contributed by atoms with Crippen LogP contribution >= 0.6 is 11.6 Å². The summed E-state index contributed by atoms with van der Waals surface area (Å²) in [5.41, 5.74) is 1.62. The summed E-state index contributed by atoms with van der Waals surface area (Å²) in [6.45, 7) is 4.64. The lowest BCUT2D eigenvalue weighted by Crippen LogP contribution is -2.45. The van der Waals surface area contributed by atoms with Crippen LogP contribution in [0.15, 0.2) is 42.5 Å². The third-order valence-electron chi connectivity index (χ3n) is 5.79. The fraction of sp³-hybridized carbons (Fsp3) is 0.458. The van der Waals surface area contributed by atoms with Crippen molar-refractivity contribution in [1.82, 2.24) is 10.2 Å². The minimum Gasteiger partial charge on any atom is -0.490 e. The molecule has 3 N–H and O–H groups in total. The third kappa shape index (κ3) is 7.17. The van der Waals surface area contributed by atoms with E-state index in [1.165, 1.54) is 24.6 Å². The van der Waals surface area contributed by atoms with Crippen molar-refractivity contribution < 1.29 is 24.1 Å². The molecule has 1 heterocycles. The Morgan fingerprint density at radius 2 is 1.94 bits per heavy atom. The number of ether oxygens (including phenoxy) is 1. The molecule has 6 nitrogen and oxygen atoms in total. The molecule has 1 aliphatic rings. The standard InChI is InChI=1S/C24H30ClFN2O4/c1-16(24(30)31)22-7-6-19(26)12-23(22)32-15-21(29)13-27-20-8-10-28(11-9-20)14-17-2-4-18(25)5-3-17/h2-7,12,16,20-21,27,29H,8-11,13-15H2,1H3,(H,30,31)/t16?,21-/m0/s1. The van der Waals surface area contributed by atoms with Crippen LogP contribution in [0, 0.1) is 5.82 Å². The summed E-state index contributed by atoms with van der Waals surface area (Å²) in [6, 6.07) is 12.0. The number of piperidine rings is 1. The lowest BCUT2D eigenvalue weighted by Gasteiger charge is -2.33. The van der Waals surface area contributed by atoms with E-state index in [1.54, 1.807) is 0 Å². The lowest BCUT2D eigenvalue weighted by atomic mass is 10.0. The Kier molecular flexibility index (Phi) is 8.87. The van der Waals surface area contributed by atoms with Crippen molar-refractivity contribution in [3.63, 3.8) is 0 Å². The van der Waals surface area contributed by atoms with Crippen LogP contribution in [-0.4, -0.2) is 59.5 Å². The highest BCUT2D eigenvalue weighted by Crippen LogP contribution is 2.28. The number of nitrogens with zero attached hydrogens (tertiary/aromatic N) is 1. The van der Waals surface area contributed by atoms with Crippen LogP contribution in [0.5, 0.6) is 5.75 Å². The van der Waals surface area contributed by atoms with Crippen LogP contribution in [0.2, 0.25) is 5.02 Å². The number of hydrogen-bond acceptors (Lipinski definition) is 5. The van der Waals surface area contributed by atoms with E-state index in [-0.39, 0.29) is 12.4 Å². The van der Waals surface area contributed by atoms with Crippen molar-refractivity contribution in [1.29, 1.82) is 0 Å². The summed E-state index contributed by atoms with van der Waals surface area (Å²) in [7, 11) is 0. The SMILES string of the molecule is CC(C(=O)O)c1ccc(F)cc1OC[C@@H](O)CNC1CCN(Cc2ccc(Cl)cc2)CC1. The van der Waals surface area contributed by atoms with Crippen molar-refractivity contribution in [3.8, 4) is 5.75 Å². The number of aliphatic hydroxyl groups is 1. The molecule has 0 aromatic heterocycles. The van der Waals surface area contributed by atoms with E-state index in [0.29, 0.717) is 18.2 Å². The van der Waals surface area contributed by atoms with E-state index in [0.717, 1.165) is 43.6 Å². The summed E-state index contributed by atoms with van der Waals surface area (Å²) in [6.07, 6.45) is 1.16. The van der Waals surface area contributed by atoms with Gasteiger partial charge in [0, 0.05) is 35.8 Å². The zero-order valence-corrected chi connectivity index (χ0v) is 18.9. The van der Waals surface area contributed by atoms with Crippen LogP contribution < -0.4 is 10.1 Å². The maximum Gasteiger partial charge on any atom is 0.310 e. The summed E-state index contributed by atoms with van der Waals surface area (Å²) < 4.78 is 19.2. The smallest absolute Gasteiger partial charge is 0.310 e. The van der Waals surface area contributed by atoms with Gasteiger partial charge in [-0.05, 0) is 56.6 Å². The Morgan fingerprint density at radius 1 is 1.25 bits per heavy atom. The van der Waals surface area contributed by atoms with E-state index >= 15 is 0 Å². The fourth-order valence-electron chi connectivity index (χ4n) is 3.81. The molecule has 0 bridgehead atoms. The van der Waals surface area contributed by atoms with Crippen molar-refractivity contribution in [3.05, 3.63) is 64.4 Å². The van der Waals surface area contributed by atoms with Gasteiger partial charge in [-0.15, -0.1) is 0 Å². The summed E-state index contributed by atoms with van der Waals surface area (Å²) >= 11 is 5.94. The number of aliphatic hydroxyl groups excluding tert-OH is 1. The van der Waals surface area contributed by atoms with E-state index in [4.69, 9.17) is 16.3 Å². The lowest BCUT2D eigenvalue weighted by molar-refractivity contribution is -0.138. The van der Waals surface area contributed by atoms with Crippen molar-refractivity contribution >= 4 is 17.6 Å². The predicted octanol–water partition coefficient (Wildman–Crippen LogP) is 3.66. The second-order valence-corrected chi connectivity index (χ2v) is 8.73. The van der Waals surface area contributed by atoms with Crippen LogP contribution in [0.1, 0.15) is 36.8 Å². The van der Waals surface area contributed by atoms with Crippen LogP contribution in [0.25, 0.3) is 0 Å². The minimum atomic E-state index is -1.02. The first-order chi connectivity index (χ1) is 15.3. The monoisotopic (exact) mass is 464 g/mol. The average Bonchev–Trinajstić information content (AvgIpc) is 2.78. The highest BCUT2D eigenvalue weighted by atomic mass is 35.5. The molecule has 0 aliphatic carbocycles. The first-order valence-corrected chi connectivity index (χ1v) is 11.2. The molecule has 2 atom stereocenters. The third-order valence-corrected chi connectivity index (χ3v) is 6.04. The van der Waals surface area contributed by atoms with Crippen molar-refractivity contribution in [2.24, 2.45) is 0 Å². The Morgan fingerprint density at radius 3 is 2.59 bits per heavy atom. The minimum absolute atomic E-state index is 0.0504. The first-order valence-electron chi connectivity index (χ1n) is 10.8. The van der Waals surface area contributed by atoms with Crippen molar-refractivity contribution in [2.45, 2.75) is 44.4 Å². The van der Waals surface area contributed by atoms with Gasteiger partial charge in [0.1, 0.15) is 24.3 Å². The van der Waals surface area contributed by atoms with Gasteiger partial charge >= 0.3 is 5.97 Å². The fourth-order valence-corrected chi connectivity index (χ4v) is 3.94. The molecule has 2 aromatic rings. The predicted molar refractivity (Wildman–Crippen MR) is 122 cm³/mol. The van der Waals surface area contributed by atoms with Gasteiger partial charge < -0.3 is 20.3 Å². The van der Waals surface area contributed by atoms with E-state index in [2.05, 4.69) is 10.2 Å². The van der Waals surface area contributed by atoms with E-state index < -0.39 is 23.8 Å². The van der Waals surface area contributed by atoms with Gasteiger partial charge in [-0.3, -0.25) is 9.69 Å². The highest BCUT2D eigenvalue weighted by molar-refractivity contribution is 6.30. The van der Waals surface area contributed by atoms with Gasteiger partial charge in [-0.1, -0.05) is 29.8 Å². The maximum atomic E-state index is 13.6. The number of benzene rings is 2. The molecule has 1 saturated heterocycles. The Labute approximate surface area is 193 Å². The molecular formula is C24H30ClFN2O4. The molecule has 3 rings (SSSR count). The topological polar surface area (TPSA) is 82.0 Å². The molecule has 174 valence electrons. The van der Waals surface area contributed by atoms with E-state index in [9.17, 15) is 19.4 Å². The van der Waals surface area contributed by atoms with E-state index in [1.807, 2.05) is 24.3 Å². The van der Waals surface area contributed by atoms with Crippen LogP contribution in [0.3, 0.4) is 0 Å².